The van der Waals surface area contributed by atoms with E-state index in [0.717, 1.165) is 16.8 Å². The van der Waals surface area contributed by atoms with Crippen molar-refractivity contribution in [3.63, 3.8) is 0 Å². The van der Waals surface area contributed by atoms with Crippen LogP contribution in [-0.2, 0) is 17.1 Å². The molecule has 9 nitrogen and oxygen atoms in total. The Balaban J connectivity index is 2.06. The van der Waals surface area contributed by atoms with E-state index in [-0.39, 0.29) is 17.3 Å². The van der Waals surface area contributed by atoms with Crippen molar-refractivity contribution in [1.29, 1.82) is 0 Å². The number of nitrogens with two attached hydrogens (primary N) is 1. The zero-order valence-electron chi connectivity index (χ0n) is 17.6. The van der Waals surface area contributed by atoms with E-state index >= 15 is 0 Å². The van der Waals surface area contributed by atoms with Crippen LogP contribution in [0.15, 0.2) is 35.5 Å². The molecule has 2 aromatic heterocycles. The van der Waals surface area contributed by atoms with Gasteiger partial charge in [-0.25, -0.2) is 23.1 Å². The van der Waals surface area contributed by atoms with Gasteiger partial charge >= 0.3 is 0 Å². The van der Waals surface area contributed by atoms with Crippen LogP contribution in [0.3, 0.4) is 0 Å². The van der Waals surface area contributed by atoms with Gasteiger partial charge in [0.15, 0.2) is 0 Å². The maximum absolute atomic E-state index is 12.7. The quantitative estimate of drug-likeness (QED) is 0.542. The molecule has 3 rings (SSSR count). The number of hydrogen-bond acceptors (Lipinski definition) is 7. The molecular formula is C20H26N6O3S. The Morgan fingerprint density at radius 2 is 1.93 bits per heavy atom. The first-order valence-corrected chi connectivity index (χ1v) is 10.8. The van der Waals surface area contributed by atoms with Crippen molar-refractivity contribution >= 4 is 15.8 Å². The van der Waals surface area contributed by atoms with Gasteiger partial charge in [0.25, 0.3) is 0 Å². The molecule has 0 unspecified atom stereocenters. The van der Waals surface area contributed by atoms with Crippen molar-refractivity contribution in [2.75, 3.05) is 12.3 Å². The summed E-state index contributed by atoms with van der Waals surface area (Å²) in [4.78, 5) is 9.00. The Morgan fingerprint density at radius 3 is 2.53 bits per heavy atom. The highest BCUT2D eigenvalue weighted by Gasteiger charge is 2.21. The molecule has 0 amide bonds. The van der Waals surface area contributed by atoms with E-state index in [9.17, 15) is 13.5 Å². The van der Waals surface area contributed by atoms with Gasteiger partial charge in [-0.3, -0.25) is 4.68 Å². The average molecular weight is 431 g/mol. The molecule has 0 aliphatic heterocycles. The summed E-state index contributed by atoms with van der Waals surface area (Å²) in [7, 11) is -2.00. The molecule has 0 atom stereocenters. The second-order valence-electron chi connectivity index (χ2n) is 7.90. The molecule has 0 saturated heterocycles. The van der Waals surface area contributed by atoms with E-state index in [1.54, 1.807) is 16.8 Å². The summed E-state index contributed by atoms with van der Waals surface area (Å²) in [5.41, 5.74) is 8.86. The zero-order valence-corrected chi connectivity index (χ0v) is 18.4. The molecule has 3 aromatic rings. The first-order chi connectivity index (χ1) is 13.9. The summed E-state index contributed by atoms with van der Waals surface area (Å²) in [6, 6.07) is 4.77. The minimum atomic E-state index is -3.81. The molecule has 0 radical (unpaired) electrons. The van der Waals surface area contributed by atoms with Gasteiger partial charge in [-0.05, 0) is 45.4 Å². The first kappa shape index (κ1) is 21.9. The summed E-state index contributed by atoms with van der Waals surface area (Å²) in [5.74, 6) is 0.267. The molecule has 10 heteroatoms. The van der Waals surface area contributed by atoms with E-state index in [0.29, 0.717) is 17.0 Å². The van der Waals surface area contributed by atoms with Crippen molar-refractivity contribution in [1.82, 2.24) is 24.5 Å². The third-order valence-electron chi connectivity index (χ3n) is 4.56. The van der Waals surface area contributed by atoms with Crippen molar-refractivity contribution in [2.24, 2.45) is 7.05 Å². The molecule has 1 aromatic carbocycles. The van der Waals surface area contributed by atoms with Crippen LogP contribution in [0, 0.1) is 13.8 Å². The predicted octanol–water partition coefficient (Wildman–Crippen LogP) is 1.79. The number of sulfonamides is 1. The Morgan fingerprint density at radius 1 is 1.23 bits per heavy atom. The van der Waals surface area contributed by atoms with Crippen LogP contribution < -0.4 is 10.5 Å². The van der Waals surface area contributed by atoms with Gasteiger partial charge in [0.1, 0.15) is 11.5 Å². The molecule has 160 valence electrons. The predicted molar refractivity (Wildman–Crippen MR) is 115 cm³/mol. The molecule has 0 spiro atoms. The third-order valence-corrected chi connectivity index (χ3v) is 5.96. The Hall–Kier alpha value is -2.82. The van der Waals surface area contributed by atoms with E-state index < -0.39 is 15.6 Å². The van der Waals surface area contributed by atoms with Crippen molar-refractivity contribution in [3.05, 3.63) is 41.9 Å². The largest absolute Gasteiger partial charge is 0.389 e. The monoisotopic (exact) mass is 430 g/mol. The van der Waals surface area contributed by atoms with E-state index in [2.05, 4.69) is 19.8 Å². The third kappa shape index (κ3) is 4.66. The molecule has 0 saturated carbocycles. The van der Waals surface area contributed by atoms with Gasteiger partial charge in [0.2, 0.25) is 10.0 Å². The lowest BCUT2D eigenvalue weighted by molar-refractivity contribution is 0.0857. The molecule has 30 heavy (non-hydrogen) atoms. The highest BCUT2D eigenvalue weighted by molar-refractivity contribution is 7.89. The Labute approximate surface area is 176 Å². The summed E-state index contributed by atoms with van der Waals surface area (Å²) in [6.07, 6.45) is 3.33. The maximum atomic E-state index is 12.7. The molecule has 4 N–H and O–H groups in total. The lowest BCUT2D eigenvalue weighted by Gasteiger charge is -2.18. The van der Waals surface area contributed by atoms with Gasteiger partial charge in [0, 0.05) is 30.9 Å². The number of benzene rings is 1. The maximum Gasteiger partial charge on any atom is 0.240 e. The second kappa shape index (κ2) is 7.78. The fourth-order valence-corrected chi connectivity index (χ4v) is 4.19. The first-order valence-electron chi connectivity index (χ1n) is 9.33. The Kier molecular flexibility index (Phi) is 5.68. The number of nitrogens with one attached hydrogen (secondary N) is 1. The van der Waals surface area contributed by atoms with Gasteiger partial charge in [-0.1, -0.05) is 6.07 Å². The van der Waals surface area contributed by atoms with Gasteiger partial charge in [-0.15, -0.1) is 0 Å². The van der Waals surface area contributed by atoms with Crippen molar-refractivity contribution < 1.29 is 13.5 Å². The van der Waals surface area contributed by atoms with E-state index in [1.807, 2.05) is 27.1 Å². The molecule has 2 heterocycles. The molecule has 0 aliphatic rings. The number of hydrogen-bond donors (Lipinski definition) is 3. The Bertz CT molecular complexity index is 1200. The number of aliphatic hydroxyl groups is 1. The van der Waals surface area contributed by atoms with Crippen LogP contribution in [0.25, 0.3) is 22.5 Å². The van der Waals surface area contributed by atoms with Gasteiger partial charge < -0.3 is 10.8 Å². The van der Waals surface area contributed by atoms with Crippen LogP contribution in [0.1, 0.15) is 25.1 Å². The lowest BCUT2D eigenvalue weighted by Crippen LogP contribution is -2.38. The minimum absolute atomic E-state index is 0.0742. The lowest BCUT2D eigenvalue weighted by atomic mass is 10.1. The number of anilines is 1. The number of nitrogens with zero attached hydrogens (tertiary/aromatic N) is 4. The summed E-state index contributed by atoms with van der Waals surface area (Å²) in [5, 5.41) is 14.2. The van der Waals surface area contributed by atoms with Crippen LogP contribution in [0.5, 0.6) is 0 Å². The van der Waals surface area contributed by atoms with Crippen LogP contribution in [0.2, 0.25) is 0 Å². The number of aromatic nitrogens is 4. The normalized spacial score (nSPS) is 12.3. The van der Waals surface area contributed by atoms with E-state index in [4.69, 9.17) is 5.73 Å². The fraction of sp³-hybridized carbons (Fsp3) is 0.350. The minimum Gasteiger partial charge on any atom is -0.389 e. The van der Waals surface area contributed by atoms with Crippen molar-refractivity contribution in [2.45, 2.75) is 38.2 Å². The fourth-order valence-electron chi connectivity index (χ4n) is 2.96. The molecule has 0 fully saturated rings. The SMILES string of the molecule is Cc1ccc(S(=O)(=O)NCC(C)(C)O)cc1-c1cnc(N)c(-c2cn(C)nc2C)n1. The zero-order chi connectivity index (χ0) is 22.3. The number of rotatable bonds is 6. The van der Waals surface area contributed by atoms with Crippen LogP contribution in [0.4, 0.5) is 5.82 Å². The number of nitrogen functional groups attached to an aromatic ring is 1. The second-order valence-corrected chi connectivity index (χ2v) is 9.67. The van der Waals surface area contributed by atoms with Crippen LogP contribution >= 0.6 is 0 Å². The van der Waals surface area contributed by atoms with Crippen LogP contribution in [-0.4, -0.2) is 45.4 Å². The number of aryl methyl sites for hydroxylation is 3. The standard InChI is InChI=1S/C20H26N6O3S/c1-12-6-7-14(30(28,29)23-11-20(3,4)27)8-15(12)17-9-22-19(21)18(24-17)16-10-26(5)25-13(16)2/h6-10,23,27H,11H2,1-5H3,(H2,21,22). The average Bonchev–Trinajstić information content (AvgIpc) is 2.98. The summed E-state index contributed by atoms with van der Waals surface area (Å²) < 4.78 is 29.4. The van der Waals surface area contributed by atoms with E-state index in [1.165, 1.54) is 26.1 Å². The molecular weight excluding hydrogens is 404 g/mol. The van der Waals surface area contributed by atoms with Gasteiger partial charge in [0.05, 0.1) is 28.1 Å². The summed E-state index contributed by atoms with van der Waals surface area (Å²) in [6.45, 7) is 6.67. The smallest absolute Gasteiger partial charge is 0.240 e. The highest BCUT2D eigenvalue weighted by atomic mass is 32.2. The molecule has 0 aliphatic carbocycles. The topological polar surface area (TPSA) is 136 Å². The van der Waals surface area contributed by atoms with Gasteiger partial charge in [-0.2, -0.15) is 5.10 Å². The highest BCUT2D eigenvalue weighted by Crippen LogP contribution is 2.30. The summed E-state index contributed by atoms with van der Waals surface area (Å²) >= 11 is 0. The molecule has 0 bridgehead atoms. The van der Waals surface area contributed by atoms with Crippen molar-refractivity contribution in [3.8, 4) is 22.5 Å².